The standard InChI is InChI=1S/C8H10O4/c1-5-2-3-8(12,7(10)11)6(9)4-5/h2-4,6,9,12H,1H3,(H,10,11)/p-1/t6-,8+/m1/s1. The van der Waals surface area contributed by atoms with Crippen LogP contribution in [0.15, 0.2) is 23.8 Å². The SMILES string of the molecule is CC1=C[C@@H](O)[C@](O)(C(=O)[O-])C=C1. The minimum Gasteiger partial charge on any atom is -0.547 e. The average Bonchev–Trinajstić information content (AvgIpc) is 1.97. The molecule has 66 valence electrons. The van der Waals surface area contributed by atoms with Crippen LogP contribution in [-0.2, 0) is 4.79 Å². The molecule has 12 heavy (non-hydrogen) atoms. The monoisotopic (exact) mass is 169 g/mol. The van der Waals surface area contributed by atoms with Crippen LogP contribution in [0.4, 0.5) is 0 Å². The number of carboxylic acids is 1. The third-order valence-electron chi connectivity index (χ3n) is 1.80. The topological polar surface area (TPSA) is 80.6 Å². The molecule has 0 amide bonds. The second-order valence-corrected chi connectivity index (χ2v) is 2.80. The van der Waals surface area contributed by atoms with Crippen LogP contribution >= 0.6 is 0 Å². The van der Waals surface area contributed by atoms with E-state index in [9.17, 15) is 20.1 Å². The lowest BCUT2D eigenvalue weighted by Crippen LogP contribution is -2.55. The zero-order valence-corrected chi connectivity index (χ0v) is 6.52. The van der Waals surface area contributed by atoms with Gasteiger partial charge in [0.05, 0.1) is 5.97 Å². The molecule has 0 aromatic carbocycles. The van der Waals surface area contributed by atoms with Gasteiger partial charge in [-0.3, -0.25) is 0 Å². The Bertz CT molecular complexity index is 266. The van der Waals surface area contributed by atoms with Crippen LogP contribution in [0.25, 0.3) is 0 Å². The summed E-state index contributed by atoms with van der Waals surface area (Å²) in [6, 6.07) is 0. The predicted molar refractivity (Wildman–Crippen MR) is 38.9 cm³/mol. The molecule has 0 saturated carbocycles. The van der Waals surface area contributed by atoms with Gasteiger partial charge >= 0.3 is 0 Å². The van der Waals surface area contributed by atoms with Crippen molar-refractivity contribution < 1.29 is 20.1 Å². The lowest BCUT2D eigenvalue weighted by atomic mass is 9.90. The number of carbonyl (C=O) groups excluding carboxylic acids is 1. The molecule has 1 aliphatic carbocycles. The molecule has 0 aromatic rings. The Labute approximate surface area is 69.5 Å². The number of hydrogen-bond donors (Lipinski definition) is 2. The van der Waals surface area contributed by atoms with Crippen LogP contribution in [0.3, 0.4) is 0 Å². The van der Waals surface area contributed by atoms with E-state index in [2.05, 4.69) is 0 Å². The fraction of sp³-hybridized carbons (Fsp3) is 0.375. The summed E-state index contributed by atoms with van der Waals surface area (Å²) in [6.45, 7) is 1.69. The normalized spacial score (nSPS) is 34.6. The Morgan fingerprint density at radius 1 is 1.75 bits per heavy atom. The molecule has 0 aliphatic heterocycles. The fourth-order valence-corrected chi connectivity index (χ4v) is 0.977. The van der Waals surface area contributed by atoms with Crippen LogP contribution in [0.5, 0.6) is 0 Å². The summed E-state index contributed by atoms with van der Waals surface area (Å²) in [5, 5.41) is 28.9. The third-order valence-corrected chi connectivity index (χ3v) is 1.80. The molecule has 0 unspecified atom stereocenters. The first kappa shape index (κ1) is 8.96. The summed E-state index contributed by atoms with van der Waals surface area (Å²) >= 11 is 0. The van der Waals surface area contributed by atoms with Gasteiger partial charge in [-0.1, -0.05) is 11.6 Å². The van der Waals surface area contributed by atoms with Gasteiger partial charge in [0.2, 0.25) is 0 Å². The number of aliphatic hydroxyl groups excluding tert-OH is 1. The molecule has 0 radical (unpaired) electrons. The molecule has 0 fully saturated rings. The van der Waals surface area contributed by atoms with Crippen LogP contribution < -0.4 is 5.11 Å². The minimum atomic E-state index is -2.28. The number of hydrogen-bond acceptors (Lipinski definition) is 4. The van der Waals surface area contributed by atoms with Crippen molar-refractivity contribution >= 4 is 5.97 Å². The van der Waals surface area contributed by atoms with Crippen LogP contribution in [0.1, 0.15) is 6.92 Å². The van der Waals surface area contributed by atoms with Gasteiger partial charge < -0.3 is 20.1 Å². The summed E-state index contributed by atoms with van der Waals surface area (Å²) in [5.41, 5.74) is -1.58. The van der Waals surface area contributed by atoms with E-state index in [0.29, 0.717) is 5.57 Å². The highest BCUT2D eigenvalue weighted by Crippen LogP contribution is 2.20. The van der Waals surface area contributed by atoms with E-state index < -0.39 is 17.7 Å². The molecule has 4 nitrogen and oxygen atoms in total. The van der Waals surface area contributed by atoms with Gasteiger partial charge in [-0.05, 0) is 19.1 Å². The maximum absolute atomic E-state index is 10.4. The van der Waals surface area contributed by atoms with Crippen molar-refractivity contribution in [2.45, 2.75) is 18.6 Å². The maximum atomic E-state index is 10.4. The van der Waals surface area contributed by atoms with E-state index in [0.717, 1.165) is 6.08 Å². The highest BCUT2D eigenvalue weighted by molar-refractivity contribution is 5.80. The second-order valence-electron chi connectivity index (χ2n) is 2.80. The lowest BCUT2D eigenvalue weighted by molar-refractivity contribution is -0.324. The number of carboxylic acid groups (broad SMARTS) is 1. The Morgan fingerprint density at radius 3 is 2.75 bits per heavy atom. The predicted octanol–water partition coefficient (Wildman–Crippen LogP) is -1.66. The van der Waals surface area contributed by atoms with Crippen molar-refractivity contribution in [1.29, 1.82) is 0 Å². The zero-order chi connectivity index (χ0) is 9.35. The second kappa shape index (κ2) is 2.73. The smallest absolute Gasteiger partial charge is 0.152 e. The number of aliphatic hydroxyl groups is 2. The number of aliphatic carboxylic acids is 1. The third kappa shape index (κ3) is 1.26. The molecule has 0 saturated heterocycles. The van der Waals surface area contributed by atoms with Gasteiger partial charge in [-0.2, -0.15) is 0 Å². The quantitative estimate of drug-likeness (QED) is 0.492. The van der Waals surface area contributed by atoms with Gasteiger partial charge in [0.1, 0.15) is 6.10 Å². The molecule has 0 spiro atoms. The molecule has 0 aromatic heterocycles. The van der Waals surface area contributed by atoms with E-state index in [4.69, 9.17) is 0 Å². The average molecular weight is 169 g/mol. The van der Waals surface area contributed by atoms with Crippen molar-refractivity contribution in [3.05, 3.63) is 23.8 Å². The number of allylic oxidation sites excluding steroid dienone is 2. The summed E-state index contributed by atoms with van der Waals surface area (Å²) in [6.07, 6.45) is 2.26. The van der Waals surface area contributed by atoms with Gasteiger partial charge in [-0.25, -0.2) is 0 Å². The lowest BCUT2D eigenvalue weighted by Gasteiger charge is -2.31. The molecule has 4 heteroatoms. The highest BCUT2D eigenvalue weighted by Gasteiger charge is 2.34. The van der Waals surface area contributed by atoms with Gasteiger partial charge in [-0.15, -0.1) is 0 Å². The van der Waals surface area contributed by atoms with E-state index >= 15 is 0 Å². The van der Waals surface area contributed by atoms with Gasteiger partial charge in [0, 0.05) is 0 Å². The molecule has 2 N–H and O–H groups in total. The molecule has 1 aliphatic rings. The molecule has 2 atom stereocenters. The Kier molecular flexibility index (Phi) is 2.04. The zero-order valence-electron chi connectivity index (χ0n) is 6.52. The first-order valence-corrected chi connectivity index (χ1v) is 3.46. The molecular formula is C8H9O4-. The summed E-state index contributed by atoms with van der Waals surface area (Å²) in [7, 11) is 0. The molecule has 1 rings (SSSR count). The van der Waals surface area contributed by atoms with E-state index in [-0.39, 0.29) is 0 Å². The minimum absolute atomic E-state index is 0.702. The number of carbonyl (C=O) groups is 1. The summed E-state index contributed by atoms with van der Waals surface area (Å²) in [4.78, 5) is 10.4. The van der Waals surface area contributed by atoms with E-state index in [1.54, 1.807) is 6.92 Å². The number of rotatable bonds is 1. The van der Waals surface area contributed by atoms with Crippen molar-refractivity contribution in [2.24, 2.45) is 0 Å². The molecule has 0 bridgehead atoms. The van der Waals surface area contributed by atoms with E-state index in [1.807, 2.05) is 0 Å². The van der Waals surface area contributed by atoms with Crippen LogP contribution in [0, 0.1) is 0 Å². The Balaban J connectivity index is 2.99. The maximum Gasteiger partial charge on any atom is 0.152 e. The highest BCUT2D eigenvalue weighted by atomic mass is 16.4. The van der Waals surface area contributed by atoms with E-state index in [1.165, 1.54) is 12.2 Å². The van der Waals surface area contributed by atoms with Crippen molar-refractivity contribution in [1.82, 2.24) is 0 Å². The largest absolute Gasteiger partial charge is 0.547 e. The first-order chi connectivity index (χ1) is 5.47. The van der Waals surface area contributed by atoms with Crippen molar-refractivity contribution in [3.8, 4) is 0 Å². The Hall–Kier alpha value is -1.13. The molecule has 0 heterocycles. The first-order valence-electron chi connectivity index (χ1n) is 3.46. The van der Waals surface area contributed by atoms with Crippen LogP contribution in [-0.4, -0.2) is 27.9 Å². The summed E-state index contributed by atoms with van der Waals surface area (Å²) in [5.74, 6) is -1.70. The van der Waals surface area contributed by atoms with Crippen LogP contribution in [0.2, 0.25) is 0 Å². The van der Waals surface area contributed by atoms with Gasteiger partial charge in [0.25, 0.3) is 0 Å². The fourth-order valence-electron chi connectivity index (χ4n) is 0.977. The van der Waals surface area contributed by atoms with Crippen molar-refractivity contribution in [2.75, 3.05) is 0 Å². The molecular weight excluding hydrogens is 160 g/mol. The Morgan fingerprint density at radius 2 is 2.33 bits per heavy atom. The summed E-state index contributed by atoms with van der Waals surface area (Å²) < 4.78 is 0. The van der Waals surface area contributed by atoms with Gasteiger partial charge in [0.15, 0.2) is 5.60 Å². The van der Waals surface area contributed by atoms with Crippen molar-refractivity contribution in [3.63, 3.8) is 0 Å².